The molecular weight excluding hydrogens is 258 g/mol. The van der Waals surface area contributed by atoms with Crippen molar-refractivity contribution in [2.24, 2.45) is 0 Å². The van der Waals surface area contributed by atoms with Crippen LogP contribution in [0, 0.1) is 0 Å². The number of aliphatic carboxylic acids is 1. The molecule has 1 fully saturated rings. The molecular formula is C11H8NO3S2-. The Morgan fingerprint density at radius 3 is 2.53 bits per heavy atom. The van der Waals surface area contributed by atoms with Crippen LogP contribution in [0.25, 0.3) is 0 Å². The van der Waals surface area contributed by atoms with Crippen LogP contribution in [0.2, 0.25) is 0 Å². The average molecular weight is 266 g/mol. The molecule has 0 aromatic heterocycles. The summed E-state index contributed by atoms with van der Waals surface area (Å²) in [6.45, 7) is 0. The van der Waals surface area contributed by atoms with E-state index in [1.165, 1.54) is 11.8 Å². The number of benzene rings is 1. The molecule has 0 aliphatic carbocycles. The third-order valence-corrected chi connectivity index (χ3v) is 3.77. The van der Waals surface area contributed by atoms with Crippen LogP contribution in [-0.2, 0) is 9.59 Å². The van der Waals surface area contributed by atoms with E-state index in [9.17, 15) is 14.7 Å². The quantitative estimate of drug-likeness (QED) is 0.738. The van der Waals surface area contributed by atoms with Crippen LogP contribution < -0.4 is 5.11 Å². The van der Waals surface area contributed by atoms with Gasteiger partial charge in [-0.15, -0.1) is 0 Å². The van der Waals surface area contributed by atoms with Gasteiger partial charge in [0, 0.05) is 0 Å². The van der Waals surface area contributed by atoms with Crippen LogP contribution >= 0.6 is 24.0 Å². The smallest absolute Gasteiger partial charge is 0.239 e. The molecule has 4 nitrogen and oxygen atoms in total. The number of carbonyl (C=O) groups is 2. The Hall–Kier alpha value is -1.40. The van der Waals surface area contributed by atoms with E-state index < -0.39 is 12.0 Å². The number of hydrogen-bond acceptors (Lipinski definition) is 5. The lowest BCUT2D eigenvalue weighted by Crippen LogP contribution is -2.43. The van der Waals surface area contributed by atoms with Gasteiger partial charge in [-0.05, 0) is 5.56 Å². The average Bonchev–Trinajstić information content (AvgIpc) is 2.62. The number of amides is 1. The number of carboxylic acid groups (broad SMARTS) is 1. The van der Waals surface area contributed by atoms with E-state index >= 15 is 0 Å². The van der Waals surface area contributed by atoms with Gasteiger partial charge in [-0.3, -0.25) is 9.69 Å². The highest BCUT2D eigenvalue weighted by molar-refractivity contribution is 8.23. The molecule has 1 aromatic rings. The highest BCUT2D eigenvalue weighted by Gasteiger charge is 2.34. The molecule has 2 rings (SSSR count). The lowest BCUT2D eigenvalue weighted by Gasteiger charge is -2.28. The second kappa shape index (κ2) is 4.85. The number of carboxylic acids is 1. The summed E-state index contributed by atoms with van der Waals surface area (Å²) >= 11 is 6.16. The van der Waals surface area contributed by atoms with Crippen molar-refractivity contribution in [3.63, 3.8) is 0 Å². The van der Waals surface area contributed by atoms with Gasteiger partial charge in [-0.1, -0.05) is 54.3 Å². The number of thiocarbonyl (C=S) groups is 1. The van der Waals surface area contributed by atoms with Crippen LogP contribution in [0.5, 0.6) is 0 Å². The summed E-state index contributed by atoms with van der Waals surface area (Å²) in [5, 5.41) is 11.2. The molecule has 1 atom stereocenters. The molecule has 0 unspecified atom stereocenters. The summed E-state index contributed by atoms with van der Waals surface area (Å²) in [6, 6.07) is 7.34. The molecule has 88 valence electrons. The van der Waals surface area contributed by atoms with Crippen molar-refractivity contribution < 1.29 is 14.7 Å². The first-order chi connectivity index (χ1) is 8.11. The lowest BCUT2D eigenvalue weighted by atomic mass is 10.1. The minimum absolute atomic E-state index is 0.190. The predicted molar refractivity (Wildman–Crippen MR) is 66.1 cm³/mol. The van der Waals surface area contributed by atoms with Gasteiger partial charge in [0.25, 0.3) is 0 Å². The zero-order chi connectivity index (χ0) is 12.4. The third-order valence-electron chi connectivity index (χ3n) is 2.38. The van der Waals surface area contributed by atoms with Crippen molar-refractivity contribution in [1.29, 1.82) is 0 Å². The summed E-state index contributed by atoms with van der Waals surface area (Å²) in [5.74, 6) is -1.43. The second-order valence-corrected chi connectivity index (χ2v) is 5.06. The van der Waals surface area contributed by atoms with E-state index in [4.69, 9.17) is 12.2 Å². The molecule has 0 saturated carbocycles. The first-order valence-corrected chi connectivity index (χ1v) is 6.25. The van der Waals surface area contributed by atoms with Crippen molar-refractivity contribution >= 4 is 40.2 Å². The van der Waals surface area contributed by atoms with Crippen LogP contribution in [0.15, 0.2) is 30.3 Å². The highest BCUT2D eigenvalue weighted by atomic mass is 32.2. The third kappa shape index (κ3) is 2.32. The maximum atomic E-state index is 11.6. The van der Waals surface area contributed by atoms with E-state index in [1.807, 2.05) is 0 Å². The number of hydrogen-bond donors (Lipinski definition) is 0. The van der Waals surface area contributed by atoms with Crippen LogP contribution in [0.4, 0.5) is 0 Å². The number of nitrogens with zero attached hydrogens (tertiary/aromatic N) is 1. The van der Waals surface area contributed by atoms with Crippen molar-refractivity contribution in [3.8, 4) is 0 Å². The molecule has 6 heteroatoms. The fraction of sp³-hybridized carbons (Fsp3) is 0.182. The van der Waals surface area contributed by atoms with Gasteiger partial charge in [0.2, 0.25) is 5.91 Å². The van der Waals surface area contributed by atoms with Crippen molar-refractivity contribution in [2.75, 3.05) is 5.75 Å². The molecule has 17 heavy (non-hydrogen) atoms. The van der Waals surface area contributed by atoms with Gasteiger partial charge in [0.05, 0.1) is 11.7 Å². The van der Waals surface area contributed by atoms with E-state index in [1.54, 1.807) is 30.3 Å². The van der Waals surface area contributed by atoms with E-state index in [0.717, 1.165) is 4.90 Å². The van der Waals surface area contributed by atoms with Gasteiger partial charge in [0.15, 0.2) is 0 Å². The SMILES string of the molecule is O=C([O-])[C@@H](c1ccccc1)N1C(=O)CSC1=S. The first kappa shape index (κ1) is 12.1. The maximum absolute atomic E-state index is 11.6. The van der Waals surface area contributed by atoms with Crippen LogP contribution in [-0.4, -0.2) is 26.8 Å². The molecule has 0 radical (unpaired) electrons. The zero-order valence-corrected chi connectivity index (χ0v) is 10.3. The van der Waals surface area contributed by atoms with Gasteiger partial charge < -0.3 is 9.90 Å². The Morgan fingerprint density at radius 2 is 2.06 bits per heavy atom. The normalized spacial score (nSPS) is 17.3. The van der Waals surface area contributed by atoms with E-state index in [-0.39, 0.29) is 16.0 Å². The molecule has 1 aliphatic heterocycles. The Labute approximate surface area is 108 Å². The molecule has 1 amide bonds. The summed E-state index contributed by atoms with van der Waals surface area (Å²) < 4.78 is 0.285. The second-order valence-electron chi connectivity index (χ2n) is 3.45. The Morgan fingerprint density at radius 1 is 1.41 bits per heavy atom. The van der Waals surface area contributed by atoms with Crippen LogP contribution in [0.1, 0.15) is 11.6 Å². The summed E-state index contributed by atoms with van der Waals surface area (Å²) in [5.41, 5.74) is 0.491. The fourth-order valence-corrected chi connectivity index (χ4v) is 2.76. The largest absolute Gasteiger partial charge is 0.547 e. The monoisotopic (exact) mass is 266 g/mol. The fourth-order valence-electron chi connectivity index (χ4n) is 1.64. The van der Waals surface area contributed by atoms with Gasteiger partial charge in [-0.25, -0.2) is 0 Å². The summed E-state index contributed by atoms with van der Waals surface area (Å²) in [6.07, 6.45) is 0. The molecule has 0 spiro atoms. The molecule has 1 aromatic carbocycles. The standard InChI is InChI=1S/C11H9NO3S2/c13-8-6-17-11(16)12(8)9(10(14)15)7-4-2-1-3-5-7/h1-5,9H,6H2,(H,14,15)/p-1/t9-/m1/s1. The molecule has 1 heterocycles. The summed E-state index contributed by atoms with van der Waals surface area (Å²) in [4.78, 5) is 24.0. The van der Waals surface area contributed by atoms with Gasteiger partial charge in [-0.2, -0.15) is 0 Å². The Bertz CT molecular complexity index is 459. The molecule has 0 N–H and O–H groups in total. The minimum Gasteiger partial charge on any atom is -0.547 e. The summed E-state index contributed by atoms with van der Waals surface area (Å²) in [7, 11) is 0. The minimum atomic E-state index is -1.32. The van der Waals surface area contributed by atoms with E-state index in [2.05, 4.69) is 0 Å². The van der Waals surface area contributed by atoms with Crippen molar-refractivity contribution in [2.45, 2.75) is 6.04 Å². The number of thioether (sulfide) groups is 1. The first-order valence-electron chi connectivity index (χ1n) is 4.86. The van der Waals surface area contributed by atoms with Crippen molar-refractivity contribution in [1.82, 2.24) is 4.90 Å². The van der Waals surface area contributed by atoms with Crippen molar-refractivity contribution in [3.05, 3.63) is 35.9 Å². The van der Waals surface area contributed by atoms with Gasteiger partial charge in [0.1, 0.15) is 10.4 Å². The molecule has 0 bridgehead atoms. The topological polar surface area (TPSA) is 60.4 Å². The van der Waals surface area contributed by atoms with E-state index in [0.29, 0.717) is 5.56 Å². The predicted octanol–water partition coefficient (Wildman–Crippen LogP) is 0.338. The lowest BCUT2D eigenvalue weighted by molar-refractivity contribution is -0.310. The van der Waals surface area contributed by atoms with Gasteiger partial charge >= 0.3 is 0 Å². The Balaban J connectivity index is 2.40. The molecule has 1 aliphatic rings. The maximum Gasteiger partial charge on any atom is 0.239 e. The van der Waals surface area contributed by atoms with Crippen LogP contribution in [0.3, 0.4) is 0 Å². The number of rotatable bonds is 3. The highest BCUT2D eigenvalue weighted by Crippen LogP contribution is 2.29. The Kier molecular flexibility index (Phi) is 3.44. The number of carbonyl (C=O) groups excluding carboxylic acids is 2. The molecule has 1 saturated heterocycles. The zero-order valence-electron chi connectivity index (χ0n) is 8.66.